The molecule has 5 heteroatoms. The van der Waals surface area contributed by atoms with Crippen LogP contribution < -0.4 is 0 Å². The Labute approximate surface area is 136 Å². The molecule has 0 unspecified atom stereocenters. The fourth-order valence-electron chi connectivity index (χ4n) is 0.994. The van der Waals surface area contributed by atoms with Crippen LogP contribution >= 0.6 is 0 Å². The topological polar surface area (TPSA) is 68.3 Å². The van der Waals surface area contributed by atoms with Crippen LogP contribution in [0.5, 0.6) is 0 Å². The van der Waals surface area contributed by atoms with Gasteiger partial charge in [0, 0.05) is 22.6 Å². The largest absolute Gasteiger partial charge is 0.545 e. The van der Waals surface area contributed by atoms with Crippen molar-refractivity contribution < 1.29 is 36.2 Å². The van der Waals surface area contributed by atoms with Crippen LogP contribution in [0.3, 0.4) is 0 Å². The summed E-state index contributed by atoms with van der Waals surface area (Å²) in [5, 5.41) is 0. The minimum Gasteiger partial charge on any atom is -0.545 e. The van der Waals surface area contributed by atoms with Gasteiger partial charge in [0.25, 0.3) is 0 Å². The van der Waals surface area contributed by atoms with E-state index in [1.807, 2.05) is 60.7 Å². The normalized spacial score (nSPS) is 6.33. The van der Waals surface area contributed by atoms with E-state index in [9.17, 15) is 4.79 Å². The summed E-state index contributed by atoms with van der Waals surface area (Å²) in [5.41, 5.74) is 0.775. The Kier molecular flexibility index (Phi) is 34.1. The zero-order chi connectivity index (χ0) is 16.2. The van der Waals surface area contributed by atoms with Gasteiger partial charge in [-0.2, -0.15) is 18.2 Å². The van der Waals surface area contributed by atoms with E-state index in [1.165, 1.54) is 0 Å². The summed E-state index contributed by atoms with van der Waals surface area (Å²) < 4.78 is 0. The molecule has 2 aromatic carbocycles. The van der Waals surface area contributed by atoms with E-state index in [0.717, 1.165) is 5.56 Å². The standard InChI is InChI=1S/C8H8O.C5H5.3CHO.Mn/c1-7(9)8-5-3-2-4-6-8;1-2-4-5-3-1;3*1-2;/h2-6H,1H3;1-5H;3*1H;/q;4*-1;. The van der Waals surface area contributed by atoms with Crippen molar-refractivity contribution in [1.29, 1.82) is 0 Å². The molecule has 21 heavy (non-hydrogen) atoms. The fraction of sp³-hybridized carbons (Fsp3) is 0.0625. The van der Waals surface area contributed by atoms with E-state index in [4.69, 9.17) is 14.4 Å². The third kappa shape index (κ3) is 20.3. The molecule has 0 saturated heterocycles. The molecule has 0 aromatic heterocycles. The number of carbonyl (C=O) groups is 1. The number of hydrogen-bond acceptors (Lipinski definition) is 4. The van der Waals surface area contributed by atoms with Gasteiger partial charge >= 0.3 is 0 Å². The van der Waals surface area contributed by atoms with Crippen molar-refractivity contribution in [2.45, 2.75) is 6.92 Å². The second kappa shape index (κ2) is 26.4. The predicted molar refractivity (Wildman–Crippen MR) is 78.7 cm³/mol. The van der Waals surface area contributed by atoms with Crippen LogP contribution in [0.1, 0.15) is 17.3 Å². The van der Waals surface area contributed by atoms with E-state index in [1.54, 1.807) is 6.92 Å². The van der Waals surface area contributed by atoms with Crippen molar-refractivity contribution in [2.24, 2.45) is 0 Å². The molecule has 115 valence electrons. The van der Waals surface area contributed by atoms with Crippen LogP contribution in [0.25, 0.3) is 0 Å². The molecule has 0 N–H and O–H groups in total. The summed E-state index contributed by atoms with van der Waals surface area (Å²) >= 11 is 0. The molecular formula is C16H16MnO4-4. The molecule has 0 saturated carbocycles. The van der Waals surface area contributed by atoms with Crippen molar-refractivity contribution in [3.05, 3.63) is 66.2 Å². The van der Waals surface area contributed by atoms with Gasteiger partial charge in [0.15, 0.2) is 5.78 Å². The molecular weight excluding hydrogens is 311 g/mol. The van der Waals surface area contributed by atoms with Gasteiger partial charge < -0.3 is 14.4 Å². The number of rotatable bonds is 1. The molecule has 0 aliphatic carbocycles. The van der Waals surface area contributed by atoms with Gasteiger partial charge in [0.1, 0.15) is 0 Å². The Morgan fingerprint density at radius 3 is 1.38 bits per heavy atom. The Balaban J connectivity index is -0.000000104. The van der Waals surface area contributed by atoms with E-state index in [0.29, 0.717) is 0 Å². The number of Topliss-reactive ketones (excluding diaryl/α,β-unsaturated/α-hetero) is 1. The van der Waals surface area contributed by atoms with Crippen molar-refractivity contribution in [3.63, 3.8) is 0 Å². The monoisotopic (exact) mass is 327 g/mol. The van der Waals surface area contributed by atoms with Gasteiger partial charge in [-0.05, 0) is 6.92 Å². The first kappa shape index (κ1) is 27.2. The van der Waals surface area contributed by atoms with E-state index in [-0.39, 0.29) is 22.9 Å². The maximum Gasteiger partial charge on any atom is 0.159 e. The molecule has 0 atom stereocenters. The first-order valence-electron chi connectivity index (χ1n) is 5.24. The Bertz CT molecular complexity index is 380. The smallest absolute Gasteiger partial charge is 0.159 e. The average Bonchev–Trinajstić information content (AvgIpc) is 3.14. The summed E-state index contributed by atoms with van der Waals surface area (Å²) in [7, 11) is 0. The summed E-state index contributed by atoms with van der Waals surface area (Å²) in [5.74, 6) is 0.121. The zero-order valence-corrected chi connectivity index (χ0v) is 12.7. The molecule has 0 amide bonds. The number of hydrogen-bond donors (Lipinski definition) is 0. The molecule has 2 aromatic rings. The number of benzene rings is 1. The summed E-state index contributed by atoms with van der Waals surface area (Å²) in [4.78, 5) is 33.9. The summed E-state index contributed by atoms with van der Waals surface area (Å²) in [6.45, 7) is 11.3. The van der Waals surface area contributed by atoms with Crippen molar-refractivity contribution in [3.8, 4) is 0 Å². The van der Waals surface area contributed by atoms with Gasteiger partial charge in [0.05, 0.1) is 0 Å². The Morgan fingerprint density at radius 1 is 0.810 bits per heavy atom. The molecule has 4 nitrogen and oxygen atoms in total. The number of carbonyl (C=O) groups excluding carboxylic acids is 4. The van der Waals surface area contributed by atoms with Crippen LogP contribution in [0.4, 0.5) is 0 Å². The molecule has 2 rings (SSSR count). The quantitative estimate of drug-likeness (QED) is 0.349. The van der Waals surface area contributed by atoms with Gasteiger partial charge in [-0.1, -0.05) is 30.3 Å². The second-order valence-electron chi connectivity index (χ2n) is 2.88. The summed E-state index contributed by atoms with van der Waals surface area (Å²) in [6.07, 6.45) is 0. The molecule has 0 spiro atoms. The minimum absolute atomic E-state index is 0. The molecule has 0 heterocycles. The van der Waals surface area contributed by atoms with Crippen LogP contribution in [0, 0.1) is 0 Å². The third-order valence-electron chi connectivity index (χ3n) is 1.74. The zero-order valence-electron chi connectivity index (χ0n) is 11.5. The van der Waals surface area contributed by atoms with Gasteiger partial charge in [-0.15, -0.1) is 0 Å². The van der Waals surface area contributed by atoms with Gasteiger partial charge in [0.2, 0.25) is 0 Å². The molecule has 0 aliphatic rings. The molecule has 0 aliphatic heterocycles. The van der Waals surface area contributed by atoms with Gasteiger partial charge in [-0.3, -0.25) is 25.2 Å². The molecule has 0 fully saturated rings. The maximum absolute atomic E-state index is 10.6. The van der Waals surface area contributed by atoms with Crippen molar-refractivity contribution in [1.82, 2.24) is 0 Å². The first-order chi connectivity index (χ1) is 9.80. The van der Waals surface area contributed by atoms with E-state index < -0.39 is 0 Å². The van der Waals surface area contributed by atoms with E-state index >= 15 is 0 Å². The fourth-order valence-corrected chi connectivity index (χ4v) is 0.994. The third-order valence-corrected chi connectivity index (χ3v) is 1.74. The van der Waals surface area contributed by atoms with Crippen molar-refractivity contribution in [2.75, 3.05) is 0 Å². The van der Waals surface area contributed by atoms with Crippen LogP contribution in [0.2, 0.25) is 0 Å². The average molecular weight is 327 g/mol. The van der Waals surface area contributed by atoms with Crippen molar-refractivity contribution >= 4 is 26.2 Å². The maximum atomic E-state index is 10.6. The van der Waals surface area contributed by atoms with Crippen LogP contribution in [-0.2, 0) is 31.5 Å². The van der Waals surface area contributed by atoms with Crippen LogP contribution in [0.15, 0.2) is 60.7 Å². The first-order valence-corrected chi connectivity index (χ1v) is 5.24. The molecule has 1 radical (unpaired) electrons. The minimum atomic E-state index is 0. The second-order valence-corrected chi connectivity index (χ2v) is 2.88. The van der Waals surface area contributed by atoms with Crippen LogP contribution in [-0.4, -0.2) is 26.2 Å². The predicted octanol–water partition coefficient (Wildman–Crippen LogP) is 2.47. The SMILES string of the molecule is CC(=O)c1ccccc1.[CH-]=O.[CH-]=O.[CH-]=O.[Mn].c1cc[cH-]c1. The summed E-state index contributed by atoms with van der Waals surface area (Å²) in [6, 6.07) is 19.2. The Hall–Kier alpha value is -2.23. The number of ketones is 1. The van der Waals surface area contributed by atoms with E-state index in [2.05, 4.69) is 20.4 Å². The van der Waals surface area contributed by atoms with Gasteiger partial charge in [-0.25, -0.2) is 12.1 Å². The molecule has 0 bridgehead atoms. The Morgan fingerprint density at radius 2 is 1.19 bits per heavy atom.